The molecule has 0 aliphatic carbocycles. The first-order chi connectivity index (χ1) is 14.4. The van der Waals surface area contributed by atoms with Crippen molar-refractivity contribution in [3.63, 3.8) is 0 Å². The fourth-order valence-corrected chi connectivity index (χ4v) is 4.08. The Hall–Kier alpha value is -2.91. The molecule has 30 heavy (non-hydrogen) atoms. The Bertz CT molecular complexity index is 1050. The fourth-order valence-electron chi connectivity index (χ4n) is 3.39. The van der Waals surface area contributed by atoms with Gasteiger partial charge in [0.15, 0.2) is 5.13 Å². The Balaban J connectivity index is 1.33. The van der Waals surface area contributed by atoms with Gasteiger partial charge in [-0.05, 0) is 35.7 Å². The maximum absolute atomic E-state index is 12.8. The largest absolute Gasteiger partial charge is 0.416 e. The molecule has 4 rings (SSSR count). The second-order valence-corrected chi connectivity index (χ2v) is 7.89. The lowest BCUT2D eigenvalue weighted by atomic mass is 10.00. The van der Waals surface area contributed by atoms with Gasteiger partial charge in [0.25, 0.3) is 0 Å². The highest BCUT2D eigenvalue weighted by atomic mass is 32.1. The molecule has 0 spiro atoms. The standard InChI is InChI=1S/C21H19F3N4OS/c22-21(23,24)16-6-3-7-17(10-16)25-19(29)27-20-26-18(13-30-20)12-28-9-8-14-4-1-2-5-15(14)11-28/h1-7,10,13H,8-9,11-12H2,(H2,25,26,27,29). The van der Waals surface area contributed by atoms with Gasteiger partial charge in [-0.15, -0.1) is 11.3 Å². The van der Waals surface area contributed by atoms with Crippen molar-refractivity contribution >= 4 is 28.2 Å². The molecular formula is C21H19F3N4OS. The number of hydrogen-bond acceptors (Lipinski definition) is 4. The summed E-state index contributed by atoms with van der Waals surface area (Å²) >= 11 is 1.28. The third-order valence-electron chi connectivity index (χ3n) is 4.82. The van der Waals surface area contributed by atoms with Crippen molar-refractivity contribution in [3.8, 4) is 0 Å². The van der Waals surface area contributed by atoms with Gasteiger partial charge in [-0.25, -0.2) is 9.78 Å². The molecule has 2 N–H and O–H groups in total. The minimum Gasteiger partial charge on any atom is -0.308 e. The van der Waals surface area contributed by atoms with Crippen molar-refractivity contribution < 1.29 is 18.0 Å². The zero-order valence-electron chi connectivity index (χ0n) is 15.9. The molecule has 1 aromatic heterocycles. The summed E-state index contributed by atoms with van der Waals surface area (Å²) in [7, 11) is 0. The average molecular weight is 432 g/mol. The number of urea groups is 1. The molecule has 3 aromatic rings. The molecule has 9 heteroatoms. The maximum Gasteiger partial charge on any atom is 0.416 e. The number of benzene rings is 2. The molecule has 2 aromatic carbocycles. The highest BCUT2D eigenvalue weighted by Crippen LogP contribution is 2.30. The second-order valence-electron chi connectivity index (χ2n) is 7.03. The summed E-state index contributed by atoms with van der Waals surface area (Å²) in [4.78, 5) is 18.9. The van der Waals surface area contributed by atoms with Crippen LogP contribution in [0.1, 0.15) is 22.4 Å². The first-order valence-corrected chi connectivity index (χ1v) is 10.2. The number of nitrogens with one attached hydrogen (secondary N) is 2. The quantitative estimate of drug-likeness (QED) is 0.583. The number of alkyl halides is 3. The van der Waals surface area contributed by atoms with E-state index in [0.717, 1.165) is 37.3 Å². The Kier molecular flexibility index (Phi) is 5.74. The number of halogens is 3. The van der Waals surface area contributed by atoms with Gasteiger partial charge in [0.1, 0.15) is 0 Å². The zero-order valence-corrected chi connectivity index (χ0v) is 16.7. The van der Waals surface area contributed by atoms with E-state index in [1.165, 1.54) is 34.6 Å². The number of amides is 2. The molecule has 0 radical (unpaired) electrons. The molecule has 2 heterocycles. The lowest BCUT2D eigenvalue weighted by Gasteiger charge is -2.27. The number of aromatic nitrogens is 1. The van der Waals surface area contributed by atoms with Crippen molar-refractivity contribution in [2.45, 2.75) is 25.7 Å². The first-order valence-electron chi connectivity index (χ1n) is 9.35. The van der Waals surface area contributed by atoms with Crippen LogP contribution in [0, 0.1) is 0 Å². The van der Waals surface area contributed by atoms with Crippen molar-refractivity contribution in [3.05, 3.63) is 76.3 Å². The van der Waals surface area contributed by atoms with Gasteiger partial charge in [-0.1, -0.05) is 30.3 Å². The molecule has 1 aliphatic heterocycles. The number of thiazole rings is 1. The molecule has 0 bridgehead atoms. The van der Waals surface area contributed by atoms with Crippen LogP contribution >= 0.6 is 11.3 Å². The van der Waals surface area contributed by atoms with Gasteiger partial charge in [-0.2, -0.15) is 13.2 Å². The average Bonchev–Trinajstić information content (AvgIpc) is 3.14. The minimum atomic E-state index is -4.46. The van der Waals surface area contributed by atoms with E-state index in [9.17, 15) is 18.0 Å². The van der Waals surface area contributed by atoms with E-state index in [1.807, 2.05) is 11.4 Å². The van der Waals surface area contributed by atoms with E-state index in [1.54, 1.807) is 0 Å². The van der Waals surface area contributed by atoms with E-state index >= 15 is 0 Å². The normalized spacial score (nSPS) is 14.2. The topological polar surface area (TPSA) is 57.3 Å². The highest BCUT2D eigenvalue weighted by molar-refractivity contribution is 7.13. The summed E-state index contributed by atoms with van der Waals surface area (Å²) in [6.07, 6.45) is -3.47. The third-order valence-corrected chi connectivity index (χ3v) is 5.62. The number of hydrogen-bond donors (Lipinski definition) is 2. The summed E-state index contributed by atoms with van der Waals surface area (Å²) in [5.41, 5.74) is 2.78. The predicted molar refractivity (Wildman–Crippen MR) is 110 cm³/mol. The lowest BCUT2D eigenvalue weighted by molar-refractivity contribution is -0.137. The third kappa shape index (κ3) is 4.98. The number of carbonyl (C=O) groups is 1. The molecule has 156 valence electrons. The van der Waals surface area contributed by atoms with Gasteiger partial charge >= 0.3 is 12.2 Å². The molecule has 0 atom stereocenters. The predicted octanol–water partition coefficient (Wildman–Crippen LogP) is 5.36. The molecule has 0 unspecified atom stereocenters. The summed E-state index contributed by atoms with van der Waals surface area (Å²) in [6, 6.07) is 12.2. The van der Waals surface area contributed by atoms with Crippen LogP contribution in [0.25, 0.3) is 0 Å². The van der Waals surface area contributed by atoms with E-state index in [-0.39, 0.29) is 5.69 Å². The van der Waals surface area contributed by atoms with Crippen LogP contribution in [-0.4, -0.2) is 22.5 Å². The summed E-state index contributed by atoms with van der Waals surface area (Å²) in [5, 5.41) is 7.26. The summed E-state index contributed by atoms with van der Waals surface area (Å²) in [6.45, 7) is 2.46. The van der Waals surface area contributed by atoms with Crippen LogP contribution in [0.15, 0.2) is 53.9 Å². The van der Waals surface area contributed by atoms with Crippen molar-refractivity contribution in [2.75, 3.05) is 17.2 Å². The number of fused-ring (bicyclic) bond motifs is 1. The second kappa shape index (κ2) is 8.45. The van der Waals surface area contributed by atoms with Gasteiger partial charge in [0, 0.05) is 30.7 Å². The van der Waals surface area contributed by atoms with E-state index in [4.69, 9.17) is 0 Å². The number of rotatable bonds is 4. The summed E-state index contributed by atoms with van der Waals surface area (Å²) in [5.74, 6) is 0. The van der Waals surface area contributed by atoms with E-state index in [2.05, 4.69) is 38.7 Å². The van der Waals surface area contributed by atoms with Crippen molar-refractivity contribution in [1.82, 2.24) is 9.88 Å². The monoisotopic (exact) mass is 432 g/mol. The molecule has 5 nitrogen and oxygen atoms in total. The fraction of sp³-hybridized carbons (Fsp3) is 0.238. The number of carbonyl (C=O) groups excluding carboxylic acids is 1. The Morgan fingerprint density at radius 3 is 2.70 bits per heavy atom. The van der Waals surface area contributed by atoms with Crippen molar-refractivity contribution in [2.24, 2.45) is 0 Å². The van der Waals surface area contributed by atoms with Crippen LogP contribution in [0.5, 0.6) is 0 Å². The van der Waals surface area contributed by atoms with Crippen LogP contribution in [-0.2, 0) is 25.7 Å². The van der Waals surface area contributed by atoms with E-state index in [0.29, 0.717) is 11.7 Å². The number of nitrogens with zero attached hydrogens (tertiary/aromatic N) is 2. The van der Waals surface area contributed by atoms with Gasteiger partial charge in [-0.3, -0.25) is 10.2 Å². The van der Waals surface area contributed by atoms with Gasteiger partial charge in [0.05, 0.1) is 11.3 Å². The molecular weight excluding hydrogens is 413 g/mol. The zero-order chi connectivity index (χ0) is 21.1. The maximum atomic E-state index is 12.8. The van der Waals surface area contributed by atoms with E-state index < -0.39 is 17.8 Å². The van der Waals surface area contributed by atoms with Crippen LogP contribution < -0.4 is 10.6 Å². The molecule has 0 saturated carbocycles. The highest BCUT2D eigenvalue weighted by Gasteiger charge is 2.30. The van der Waals surface area contributed by atoms with Crippen LogP contribution in [0.4, 0.5) is 28.8 Å². The number of anilines is 2. The molecule has 2 amide bonds. The minimum absolute atomic E-state index is 0.0612. The van der Waals surface area contributed by atoms with Gasteiger partial charge in [0.2, 0.25) is 0 Å². The van der Waals surface area contributed by atoms with Crippen LogP contribution in [0.3, 0.4) is 0 Å². The molecule has 0 fully saturated rings. The molecule has 0 saturated heterocycles. The SMILES string of the molecule is O=C(Nc1cccc(C(F)(F)F)c1)Nc1nc(CN2CCc3ccccc3C2)cs1. The Labute approximate surface area is 175 Å². The Morgan fingerprint density at radius 2 is 1.90 bits per heavy atom. The molecule has 1 aliphatic rings. The Morgan fingerprint density at radius 1 is 1.10 bits per heavy atom. The smallest absolute Gasteiger partial charge is 0.308 e. The van der Waals surface area contributed by atoms with Crippen molar-refractivity contribution in [1.29, 1.82) is 0 Å². The van der Waals surface area contributed by atoms with Crippen LogP contribution in [0.2, 0.25) is 0 Å². The van der Waals surface area contributed by atoms with Gasteiger partial charge < -0.3 is 5.32 Å². The first kappa shape index (κ1) is 20.4. The lowest BCUT2D eigenvalue weighted by Crippen LogP contribution is -2.30. The summed E-state index contributed by atoms with van der Waals surface area (Å²) < 4.78 is 38.4.